The SMILES string of the molecule is C=CCOC(=O)C1=C(N)Oc2c(OC)cc(Br)cc2C1C(C#N)C(=O)OCC=C. The average Bonchev–Trinajstić information content (AvgIpc) is 2.70. The predicted octanol–water partition coefficient (Wildman–Crippen LogP) is 2.70. The monoisotopic (exact) mass is 462 g/mol. The van der Waals surface area contributed by atoms with E-state index < -0.39 is 23.8 Å². The van der Waals surface area contributed by atoms with E-state index in [1.165, 1.54) is 19.3 Å². The molecule has 0 radical (unpaired) electrons. The number of hydrogen-bond donors (Lipinski definition) is 1. The van der Waals surface area contributed by atoms with Crippen molar-refractivity contribution in [3.63, 3.8) is 0 Å². The lowest BCUT2D eigenvalue weighted by atomic mass is 9.79. The molecule has 0 aromatic heterocycles. The molecule has 1 aliphatic rings. The number of ether oxygens (including phenoxy) is 4. The van der Waals surface area contributed by atoms with Gasteiger partial charge < -0.3 is 24.7 Å². The van der Waals surface area contributed by atoms with Crippen molar-refractivity contribution in [3.05, 3.63) is 58.9 Å². The fraction of sp³-hybridized carbons (Fsp3) is 0.250. The van der Waals surface area contributed by atoms with Gasteiger partial charge in [0.1, 0.15) is 18.8 Å². The summed E-state index contributed by atoms with van der Waals surface area (Å²) in [5.74, 6) is -3.99. The van der Waals surface area contributed by atoms with Crippen LogP contribution in [-0.2, 0) is 19.1 Å². The molecule has 0 saturated heterocycles. The van der Waals surface area contributed by atoms with Gasteiger partial charge in [0.05, 0.1) is 19.1 Å². The van der Waals surface area contributed by atoms with Gasteiger partial charge in [-0.05, 0) is 12.1 Å². The lowest BCUT2D eigenvalue weighted by Gasteiger charge is -2.30. The van der Waals surface area contributed by atoms with Crippen LogP contribution in [0.5, 0.6) is 11.5 Å². The van der Waals surface area contributed by atoms with Crippen molar-refractivity contribution >= 4 is 27.9 Å². The molecule has 0 fully saturated rings. The summed E-state index contributed by atoms with van der Waals surface area (Å²) < 4.78 is 21.7. The minimum absolute atomic E-state index is 0.0882. The molecule has 152 valence electrons. The maximum atomic E-state index is 12.7. The highest BCUT2D eigenvalue weighted by atomic mass is 79.9. The molecular weight excluding hydrogens is 444 g/mol. The normalized spacial score (nSPS) is 15.8. The Morgan fingerprint density at radius 3 is 2.59 bits per heavy atom. The smallest absolute Gasteiger partial charge is 0.340 e. The van der Waals surface area contributed by atoms with Gasteiger partial charge in [-0.1, -0.05) is 41.2 Å². The summed E-state index contributed by atoms with van der Waals surface area (Å²) >= 11 is 3.35. The Labute approximate surface area is 176 Å². The van der Waals surface area contributed by atoms with Crippen LogP contribution in [0.25, 0.3) is 0 Å². The molecular formula is C20H19BrN2O6. The quantitative estimate of drug-likeness (QED) is 0.462. The number of carbonyl (C=O) groups is 2. The van der Waals surface area contributed by atoms with Crippen LogP contribution in [0, 0.1) is 17.2 Å². The zero-order valence-electron chi connectivity index (χ0n) is 15.6. The number of halogens is 1. The van der Waals surface area contributed by atoms with Gasteiger partial charge in [-0.25, -0.2) is 4.79 Å². The standard InChI is InChI=1S/C20H19BrN2O6/c1-4-6-27-19(24)13(10-22)15-12-8-11(21)9-14(26-3)17(12)29-18(23)16(15)20(25)28-7-5-2/h4-5,8-9,13,15H,1-2,6-7,23H2,3H3. The third-order valence-corrected chi connectivity index (χ3v) is 4.47. The van der Waals surface area contributed by atoms with Crippen LogP contribution in [0.15, 0.2) is 53.4 Å². The Bertz CT molecular complexity index is 918. The molecule has 9 heteroatoms. The van der Waals surface area contributed by atoms with E-state index in [2.05, 4.69) is 29.1 Å². The summed E-state index contributed by atoms with van der Waals surface area (Å²) in [7, 11) is 1.42. The van der Waals surface area contributed by atoms with Crippen LogP contribution < -0.4 is 15.2 Å². The molecule has 1 heterocycles. The van der Waals surface area contributed by atoms with Gasteiger partial charge in [0.2, 0.25) is 5.88 Å². The molecule has 0 bridgehead atoms. The van der Waals surface area contributed by atoms with E-state index in [9.17, 15) is 14.9 Å². The van der Waals surface area contributed by atoms with Gasteiger partial charge >= 0.3 is 11.9 Å². The van der Waals surface area contributed by atoms with Crippen LogP contribution >= 0.6 is 15.9 Å². The summed E-state index contributed by atoms with van der Waals surface area (Å²) in [6, 6.07) is 5.14. The number of fused-ring (bicyclic) bond motifs is 1. The van der Waals surface area contributed by atoms with Gasteiger partial charge in [0.15, 0.2) is 17.4 Å². The number of nitriles is 1. The molecule has 1 aliphatic heterocycles. The van der Waals surface area contributed by atoms with Crippen LogP contribution in [0.1, 0.15) is 11.5 Å². The van der Waals surface area contributed by atoms with Gasteiger partial charge in [-0.2, -0.15) is 5.26 Å². The van der Waals surface area contributed by atoms with Gasteiger partial charge in [-0.15, -0.1) is 0 Å². The Hall–Kier alpha value is -3.25. The molecule has 2 rings (SSSR count). The number of methoxy groups -OCH3 is 1. The van der Waals surface area contributed by atoms with E-state index in [-0.39, 0.29) is 30.4 Å². The summed E-state index contributed by atoms with van der Waals surface area (Å²) in [4.78, 5) is 25.2. The lowest BCUT2D eigenvalue weighted by Crippen LogP contribution is -2.34. The summed E-state index contributed by atoms with van der Waals surface area (Å²) in [5, 5.41) is 9.74. The third kappa shape index (κ3) is 4.60. The maximum absolute atomic E-state index is 12.7. The van der Waals surface area contributed by atoms with Crippen molar-refractivity contribution in [3.8, 4) is 17.6 Å². The summed E-state index contributed by atoms with van der Waals surface area (Å²) in [6.07, 6.45) is 2.74. The molecule has 0 amide bonds. The van der Waals surface area contributed by atoms with Crippen molar-refractivity contribution in [2.24, 2.45) is 11.7 Å². The molecule has 2 unspecified atom stereocenters. The number of esters is 2. The zero-order valence-corrected chi connectivity index (χ0v) is 17.2. The molecule has 1 aromatic carbocycles. The van der Waals surface area contributed by atoms with Gasteiger partial charge in [-0.3, -0.25) is 4.79 Å². The largest absolute Gasteiger partial charge is 0.493 e. The fourth-order valence-electron chi connectivity index (χ4n) is 2.83. The minimum atomic E-state index is -1.40. The highest BCUT2D eigenvalue weighted by Gasteiger charge is 2.44. The van der Waals surface area contributed by atoms with Crippen LogP contribution in [0.4, 0.5) is 0 Å². The number of hydrogen-bond acceptors (Lipinski definition) is 8. The van der Waals surface area contributed by atoms with E-state index in [4.69, 9.17) is 24.7 Å². The van der Waals surface area contributed by atoms with E-state index in [0.717, 1.165) is 0 Å². The van der Waals surface area contributed by atoms with Gasteiger partial charge in [0, 0.05) is 10.0 Å². The van der Waals surface area contributed by atoms with E-state index >= 15 is 0 Å². The van der Waals surface area contributed by atoms with Crippen LogP contribution in [0.2, 0.25) is 0 Å². The number of nitrogens with zero attached hydrogens (tertiary/aromatic N) is 1. The summed E-state index contributed by atoms with van der Waals surface area (Å²) in [6.45, 7) is 6.78. The minimum Gasteiger partial charge on any atom is -0.493 e. The Kier molecular flexibility index (Phi) is 7.45. The molecule has 29 heavy (non-hydrogen) atoms. The zero-order chi connectivity index (χ0) is 21.6. The topological polar surface area (TPSA) is 121 Å². The molecule has 0 spiro atoms. The fourth-order valence-corrected chi connectivity index (χ4v) is 3.29. The first-order valence-electron chi connectivity index (χ1n) is 8.39. The molecule has 0 aliphatic carbocycles. The number of nitrogens with two attached hydrogens (primary N) is 1. The van der Waals surface area contributed by atoms with Crippen molar-refractivity contribution in [2.45, 2.75) is 5.92 Å². The first-order chi connectivity index (χ1) is 13.9. The number of rotatable bonds is 8. The second kappa shape index (κ2) is 9.80. The third-order valence-electron chi connectivity index (χ3n) is 4.01. The first kappa shape index (κ1) is 22.0. The van der Waals surface area contributed by atoms with E-state index in [0.29, 0.717) is 15.8 Å². The molecule has 0 saturated carbocycles. The van der Waals surface area contributed by atoms with Crippen LogP contribution in [-0.4, -0.2) is 32.3 Å². The first-order valence-corrected chi connectivity index (χ1v) is 9.18. The number of carbonyl (C=O) groups excluding carboxylic acids is 2. The highest BCUT2D eigenvalue weighted by molar-refractivity contribution is 9.10. The molecule has 2 atom stereocenters. The van der Waals surface area contributed by atoms with Crippen molar-refractivity contribution in [2.75, 3.05) is 20.3 Å². The lowest BCUT2D eigenvalue weighted by molar-refractivity contribution is -0.146. The second-order valence-electron chi connectivity index (χ2n) is 5.80. The van der Waals surface area contributed by atoms with Crippen molar-refractivity contribution in [1.29, 1.82) is 5.26 Å². The van der Waals surface area contributed by atoms with E-state index in [1.54, 1.807) is 12.1 Å². The predicted molar refractivity (Wildman–Crippen MR) is 107 cm³/mol. The molecule has 1 aromatic rings. The second-order valence-corrected chi connectivity index (χ2v) is 6.71. The van der Waals surface area contributed by atoms with Gasteiger partial charge in [0.25, 0.3) is 0 Å². The average molecular weight is 463 g/mol. The van der Waals surface area contributed by atoms with Crippen molar-refractivity contribution < 1.29 is 28.5 Å². The van der Waals surface area contributed by atoms with Crippen LogP contribution in [0.3, 0.4) is 0 Å². The molecule has 8 nitrogen and oxygen atoms in total. The maximum Gasteiger partial charge on any atom is 0.340 e. The number of benzene rings is 1. The highest BCUT2D eigenvalue weighted by Crippen LogP contribution is 2.48. The Morgan fingerprint density at radius 1 is 1.34 bits per heavy atom. The Morgan fingerprint density at radius 2 is 2.00 bits per heavy atom. The van der Waals surface area contributed by atoms with E-state index in [1.807, 2.05) is 6.07 Å². The molecule has 2 N–H and O–H groups in total. The van der Waals surface area contributed by atoms with Crippen molar-refractivity contribution in [1.82, 2.24) is 0 Å². The summed E-state index contributed by atoms with van der Waals surface area (Å²) in [5.41, 5.74) is 6.18. The Balaban J connectivity index is 2.67.